The number of nitrogens with zero attached hydrogens (tertiary/aromatic N) is 1. The van der Waals surface area contributed by atoms with Gasteiger partial charge in [-0.1, -0.05) is 30.7 Å². The summed E-state index contributed by atoms with van der Waals surface area (Å²) < 4.78 is 18.6. The minimum atomic E-state index is -0.631. The quantitative estimate of drug-likeness (QED) is 0.871. The number of amides is 2. The highest BCUT2D eigenvalue weighted by atomic mass is 35.5. The molecule has 7 heteroatoms. The third kappa shape index (κ3) is 3.96. The summed E-state index contributed by atoms with van der Waals surface area (Å²) in [4.78, 5) is 26.3. The minimum absolute atomic E-state index is 0.146. The summed E-state index contributed by atoms with van der Waals surface area (Å²) in [6.07, 6.45) is -0.136. The number of nitrogens with one attached hydrogen (secondary N) is 1. The fourth-order valence-electron chi connectivity index (χ4n) is 2.72. The molecule has 1 aliphatic rings. The van der Waals surface area contributed by atoms with E-state index >= 15 is 0 Å². The predicted octanol–water partition coefficient (Wildman–Crippen LogP) is 3.30. The molecule has 1 N–H and O–H groups in total. The first-order valence-corrected chi connectivity index (χ1v) is 8.64. The Labute approximate surface area is 155 Å². The Kier molecular flexibility index (Phi) is 5.42. The van der Waals surface area contributed by atoms with Gasteiger partial charge in [0.05, 0.1) is 5.69 Å². The first kappa shape index (κ1) is 18.2. The summed E-state index contributed by atoms with van der Waals surface area (Å²) in [5.41, 5.74) is 1.24. The van der Waals surface area contributed by atoms with Crippen molar-refractivity contribution in [3.8, 4) is 5.75 Å². The van der Waals surface area contributed by atoms with E-state index in [-0.39, 0.29) is 30.7 Å². The zero-order valence-electron chi connectivity index (χ0n) is 14.2. The van der Waals surface area contributed by atoms with E-state index in [2.05, 4.69) is 5.32 Å². The number of benzene rings is 2. The van der Waals surface area contributed by atoms with E-state index in [0.29, 0.717) is 22.9 Å². The number of rotatable bonds is 5. The second kappa shape index (κ2) is 7.74. The Morgan fingerprint density at radius 2 is 2.00 bits per heavy atom. The van der Waals surface area contributed by atoms with E-state index in [0.717, 1.165) is 5.56 Å². The largest absolute Gasteiger partial charge is 0.478 e. The molecule has 26 heavy (non-hydrogen) atoms. The molecule has 2 aromatic rings. The van der Waals surface area contributed by atoms with Crippen LogP contribution in [-0.4, -0.2) is 24.5 Å². The first-order chi connectivity index (χ1) is 12.5. The topological polar surface area (TPSA) is 58.6 Å². The van der Waals surface area contributed by atoms with E-state index in [1.807, 2.05) is 6.92 Å². The van der Waals surface area contributed by atoms with Crippen LogP contribution in [0.15, 0.2) is 42.5 Å². The van der Waals surface area contributed by atoms with Gasteiger partial charge in [-0.2, -0.15) is 0 Å². The molecule has 0 aliphatic carbocycles. The maximum Gasteiger partial charge on any atom is 0.268 e. The van der Waals surface area contributed by atoms with E-state index in [1.165, 1.54) is 17.0 Å². The summed E-state index contributed by atoms with van der Waals surface area (Å²) in [5, 5.41) is 3.19. The molecule has 0 aromatic heterocycles. The molecule has 2 amide bonds. The van der Waals surface area contributed by atoms with Crippen molar-refractivity contribution in [2.75, 3.05) is 11.4 Å². The molecule has 1 unspecified atom stereocenters. The van der Waals surface area contributed by atoms with E-state index in [4.69, 9.17) is 16.3 Å². The molecule has 1 aliphatic heterocycles. The lowest BCUT2D eigenvalue weighted by Crippen LogP contribution is -2.49. The highest BCUT2D eigenvalue weighted by Gasteiger charge is 2.34. The fraction of sp³-hybridized carbons (Fsp3) is 0.263. The molecule has 0 spiro atoms. The minimum Gasteiger partial charge on any atom is -0.478 e. The number of halogens is 2. The molecule has 136 valence electrons. The van der Waals surface area contributed by atoms with Gasteiger partial charge in [-0.15, -0.1) is 0 Å². The maximum atomic E-state index is 12.9. The van der Waals surface area contributed by atoms with Crippen LogP contribution in [0.25, 0.3) is 0 Å². The molecule has 1 heterocycles. The molecule has 1 atom stereocenters. The summed E-state index contributed by atoms with van der Waals surface area (Å²) in [7, 11) is 0. The van der Waals surface area contributed by atoms with Gasteiger partial charge in [-0.25, -0.2) is 4.39 Å². The van der Waals surface area contributed by atoms with Gasteiger partial charge in [0.2, 0.25) is 5.91 Å². The van der Waals surface area contributed by atoms with Crippen LogP contribution in [0.3, 0.4) is 0 Å². The average molecular weight is 377 g/mol. The van der Waals surface area contributed by atoms with Gasteiger partial charge in [-0.3, -0.25) is 14.5 Å². The van der Waals surface area contributed by atoms with Crippen LogP contribution >= 0.6 is 11.6 Å². The van der Waals surface area contributed by atoms with Crippen LogP contribution in [0.2, 0.25) is 5.02 Å². The van der Waals surface area contributed by atoms with Crippen LogP contribution in [0.4, 0.5) is 10.1 Å². The molecular formula is C19H18ClFN2O3. The zero-order valence-corrected chi connectivity index (χ0v) is 14.9. The number of hydrogen-bond donors (Lipinski definition) is 1. The van der Waals surface area contributed by atoms with Crippen LogP contribution in [-0.2, 0) is 16.1 Å². The van der Waals surface area contributed by atoms with E-state index in [9.17, 15) is 14.0 Å². The highest BCUT2D eigenvalue weighted by Crippen LogP contribution is 2.36. The standard InChI is InChI=1S/C19H18ClFN2O3/c1-2-16-19(25)23(15-9-13(20)5-8-17(15)26-16)11-18(24)22-10-12-3-6-14(21)7-4-12/h3-9,16H,2,10-11H2,1H3,(H,22,24). The number of carbonyl (C=O) groups excluding carboxylic acids is 2. The van der Waals surface area contributed by atoms with Gasteiger partial charge in [0.25, 0.3) is 5.91 Å². The number of ether oxygens (including phenoxy) is 1. The van der Waals surface area contributed by atoms with Gasteiger partial charge in [0, 0.05) is 11.6 Å². The van der Waals surface area contributed by atoms with Crippen molar-refractivity contribution < 1.29 is 18.7 Å². The summed E-state index contributed by atoms with van der Waals surface area (Å²) in [5.74, 6) is -0.421. The fourth-order valence-corrected chi connectivity index (χ4v) is 2.89. The molecule has 0 fully saturated rings. The first-order valence-electron chi connectivity index (χ1n) is 8.26. The Hall–Kier alpha value is -2.60. The van der Waals surface area contributed by atoms with Gasteiger partial charge in [0.15, 0.2) is 6.10 Å². The molecular weight excluding hydrogens is 359 g/mol. The Balaban J connectivity index is 1.72. The number of anilines is 1. The molecule has 0 radical (unpaired) electrons. The lowest BCUT2D eigenvalue weighted by atomic mass is 10.1. The van der Waals surface area contributed by atoms with Crippen molar-refractivity contribution in [1.29, 1.82) is 0 Å². The number of fused-ring (bicyclic) bond motifs is 1. The number of carbonyl (C=O) groups is 2. The highest BCUT2D eigenvalue weighted by molar-refractivity contribution is 6.31. The summed E-state index contributed by atoms with van der Waals surface area (Å²) in [6.45, 7) is 1.95. The molecule has 0 saturated carbocycles. The van der Waals surface area contributed by atoms with Crippen molar-refractivity contribution in [3.63, 3.8) is 0 Å². The van der Waals surface area contributed by atoms with E-state index in [1.54, 1.807) is 30.3 Å². The van der Waals surface area contributed by atoms with Gasteiger partial charge >= 0.3 is 0 Å². The Morgan fingerprint density at radius 3 is 2.69 bits per heavy atom. The monoisotopic (exact) mass is 376 g/mol. The summed E-state index contributed by atoms with van der Waals surface area (Å²) in [6, 6.07) is 10.8. The molecule has 0 bridgehead atoms. The maximum absolute atomic E-state index is 12.9. The van der Waals surface area contributed by atoms with Crippen molar-refractivity contribution in [1.82, 2.24) is 5.32 Å². The number of hydrogen-bond acceptors (Lipinski definition) is 3. The SMILES string of the molecule is CCC1Oc2ccc(Cl)cc2N(CC(=O)NCc2ccc(F)cc2)C1=O. The van der Waals surface area contributed by atoms with Crippen LogP contribution in [0, 0.1) is 5.82 Å². The predicted molar refractivity (Wildman–Crippen MR) is 96.8 cm³/mol. The van der Waals surface area contributed by atoms with Crippen molar-refractivity contribution in [2.24, 2.45) is 0 Å². The van der Waals surface area contributed by atoms with Crippen molar-refractivity contribution in [2.45, 2.75) is 26.0 Å². The second-order valence-electron chi connectivity index (χ2n) is 5.95. The van der Waals surface area contributed by atoms with Crippen LogP contribution < -0.4 is 15.0 Å². The molecule has 0 saturated heterocycles. The molecule has 3 rings (SSSR count). The second-order valence-corrected chi connectivity index (χ2v) is 6.39. The average Bonchev–Trinajstić information content (AvgIpc) is 2.63. The zero-order chi connectivity index (χ0) is 18.7. The van der Waals surface area contributed by atoms with Crippen molar-refractivity contribution in [3.05, 3.63) is 58.9 Å². The molecule has 5 nitrogen and oxygen atoms in total. The Bertz CT molecular complexity index is 826. The van der Waals surface area contributed by atoms with Crippen molar-refractivity contribution >= 4 is 29.1 Å². The van der Waals surface area contributed by atoms with Crippen LogP contribution in [0.1, 0.15) is 18.9 Å². The van der Waals surface area contributed by atoms with E-state index < -0.39 is 6.10 Å². The van der Waals surface area contributed by atoms with Gasteiger partial charge < -0.3 is 10.1 Å². The smallest absolute Gasteiger partial charge is 0.268 e. The summed E-state index contributed by atoms with van der Waals surface area (Å²) >= 11 is 6.03. The third-order valence-electron chi connectivity index (χ3n) is 4.10. The lowest BCUT2D eigenvalue weighted by molar-refractivity contribution is -0.129. The van der Waals surface area contributed by atoms with Gasteiger partial charge in [0.1, 0.15) is 18.1 Å². The Morgan fingerprint density at radius 1 is 1.27 bits per heavy atom. The molecule has 2 aromatic carbocycles. The lowest BCUT2D eigenvalue weighted by Gasteiger charge is -2.33. The van der Waals surface area contributed by atoms with Gasteiger partial charge in [-0.05, 0) is 42.3 Å². The van der Waals surface area contributed by atoms with Crippen LogP contribution in [0.5, 0.6) is 5.75 Å². The third-order valence-corrected chi connectivity index (χ3v) is 4.33. The normalized spacial score (nSPS) is 16.0.